The number of hydrogen-bond acceptors (Lipinski definition) is 13. The smallest absolute Gasteiger partial charge is 0.420 e. The summed E-state index contributed by atoms with van der Waals surface area (Å²) in [5, 5.41) is 39.5. The number of allylic oxidation sites excluding steroid dienone is 1. The van der Waals surface area contributed by atoms with Crippen molar-refractivity contribution in [1.29, 1.82) is 0 Å². The van der Waals surface area contributed by atoms with E-state index in [-0.39, 0.29) is 42.5 Å². The minimum Gasteiger partial charge on any atom is -0.506 e. The fourth-order valence-electron chi connectivity index (χ4n) is 6.76. The molecule has 5 rings (SSSR count). The molecule has 0 unspecified atom stereocenters. The van der Waals surface area contributed by atoms with E-state index in [1.165, 1.54) is 73.1 Å². The zero-order valence-corrected chi connectivity index (χ0v) is 37.2. The number of carbonyl (C=O) groups excluding carboxylic acids is 3. The Balaban J connectivity index is 1.36. The lowest BCUT2D eigenvalue weighted by atomic mass is 10.0. The molecule has 63 heavy (non-hydrogen) atoms. The van der Waals surface area contributed by atoms with E-state index in [0.29, 0.717) is 50.1 Å². The largest absolute Gasteiger partial charge is 0.506 e. The van der Waals surface area contributed by atoms with Gasteiger partial charge in [-0.1, -0.05) is 124 Å². The van der Waals surface area contributed by atoms with Crippen LogP contribution in [-0.4, -0.2) is 68.5 Å². The second-order valence-corrected chi connectivity index (χ2v) is 15.9. The molecule has 334 valence electrons. The minimum absolute atomic E-state index is 0.0292. The number of benzene rings is 4. The van der Waals surface area contributed by atoms with Gasteiger partial charge in [-0.3, -0.25) is 24.6 Å². The fourth-order valence-corrected chi connectivity index (χ4v) is 7.75. The molecular weight excluding hydrogens is 850 g/mol. The van der Waals surface area contributed by atoms with Gasteiger partial charge in [-0.05, 0) is 65.7 Å². The van der Waals surface area contributed by atoms with E-state index in [2.05, 4.69) is 27.8 Å². The third-order valence-corrected chi connectivity index (χ3v) is 11.3. The summed E-state index contributed by atoms with van der Waals surface area (Å²) in [4.78, 5) is 53.0. The summed E-state index contributed by atoms with van der Waals surface area (Å²) in [7, 11) is 1.46. The van der Waals surface area contributed by atoms with E-state index in [1.807, 2.05) is 6.92 Å². The number of aromatic hydroxyl groups is 1. The Labute approximate surface area is 375 Å². The number of amides is 2. The van der Waals surface area contributed by atoms with E-state index >= 15 is 0 Å². The molecule has 0 fully saturated rings. The Bertz CT molecular complexity index is 2390. The number of phenolic OH excluding ortho intramolecular Hbond substituents is 1. The number of phenols is 1. The molecule has 5 aromatic rings. The molecule has 0 aliphatic carbocycles. The third-order valence-electron chi connectivity index (χ3n) is 10.1. The highest BCUT2D eigenvalue weighted by molar-refractivity contribution is 7.98. The average molecular weight is 902 g/mol. The molecule has 0 spiro atoms. The second kappa shape index (κ2) is 24.4. The summed E-state index contributed by atoms with van der Waals surface area (Å²) < 4.78 is 17.6. The maximum atomic E-state index is 14.2. The number of fused-ring (bicyclic) bond motifs is 1. The lowest BCUT2D eigenvalue weighted by Crippen LogP contribution is -2.34. The van der Waals surface area contributed by atoms with Gasteiger partial charge in [0.2, 0.25) is 10.9 Å². The molecule has 0 atom stereocenters. The number of nitro groups is 1. The number of tetrazole rings is 1. The maximum absolute atomic E-state index is 14.2. The summed E-state index contributed by atoms with van der Waals surface area (Å²) in [6.07, 6.45) is 13.3. The summed E-state index contributed by atoms with van der Waals surface area (Å²) in [5.74, 6) is -1.16. The number of carbonyl (C=O) groups is 3. The predicted octanol–water partition coefficient (Wildman–Crippen LogP) is 10.7. The van der Waals surface area contributed by atoms with E-state index in [4.69, 9.17) is 25.8 Å². The lowest BCUT2D eigenvalue weighted by Gasteiger charge is -2.24. The monoisotopic (exact) mass is 901 g/mol. The highest BCUT2D eigenvalue weighted by Gasteiger charge is 2.26. The minimum atomic E-state index is -0.863. The number of halogens is 1. The standard InChI is InChI=1S/C45H52ClN7O9S/c1-4-6-8-9-10-11-12-13-14-15-25-51(37-18-16-17-34-33(37)21-22-35(42(34)55)43(56)47-36-28-32(46)20-24-39(36)60-3)45(57)62-40-23-19-31(27-38(40)53(58)59)30-63-44-48-49-50-52(44)29-41(54)61-26-7-5-2/h5,7,16-24,27-28,55H,4,6,8-15,25-26,29-30H2,1-3H3,(H,47,56). The summed E-state index contributed by atoms with van der Waals surface area (Å²) >= 11 is 7.32. The normalized spacial score (nSPS) is 11.2. The number of esters is 1. The molecule has 2 amide bonds. The van der Waals surface area contributed by atoms with Crippen molar-refractivity contribution in [3.05, 3.63) is 105 Å². The van der Waals surface area contributed by atoms with Crippen LogP contribution >= 0.6 is 23.4 Å². The number of nitro benzene ring substituents is 1. The number of thioether (sulfide) groups is 1. The van der Waals surface area contributed by atoms with Crippen LogP contribution in [0.4, 0.5) is 21.9 Å². The van der Waals surface area contributed by atoms with Crippen LogP contribution in [0.2, 0.25) is 5.02 Å². The molecule has 0 saturated heterocycles. The van der Waals surface area contributed by atoms with Crippen LogP contribution < -0.4 is 19.7 Å². The second-order valence-electron chi connectivity index (χ2n) is 14.6. The van der Waals surface area contributed by atoms with Gasteiger partial charge >= 0.3 is 17.7 Å². The highest BCUT2D eigenvalue weighted by Crippen LogP contribution is 2.38. The van der Waals surface area contributed by atoms with Crippen LogP contribution in [0.5, 0.6) is 17.2 Å². The zero-order chi connectivity index (χ0) is 45.1. The summed E-state index contributed by atoms with van der Waals surface area (Å²) in [6.45, 7) is 4.12. The van der Waals surface area contributed by atoms with Crippen molar-refractivity contribution >= 4 is 69.2 Å². The Morgan fingerprint density at radius 3 is 2.40 bits per heavy atom. The molecule has 0 aliphatic rings. The molecule has 1 aromatic heterocycles. The topological polar surface area (TPSA) is 201 Å². The van der Waals surface area contributed by atoms with Gasteiger partial charge in [0.1, 0.15) is 24.7 Å². The number of nitrogens with one attached hydrogen (secondary N) is 1. The first-order valence-corrected chi connectivity index (χ1v) is 22.2. The van der Waals surface area contributed by atoms with Crippen molar-refractivity contribution in [2.75, 3.05) is 30.5 Å². The average Bonchev–Trinajstić information content (AvgIpc) is 3.71. The molecule has 16 nitrogen and oxygen atoms in total. The number of unbranched alkanes of at least 4 members (excludes halogenated alkanes) is 9. The van der Waals surface area contributed by atoms with Crippen LogP contribution in [0.15, 0.2) is 84.0 Å². The first-order valence-electron chi connectivity index (χ1n) is 20.9. The number of methoxy groups -OCH3 is 1. The molecule has 4 aromatic carbocycles. The molecule has 0 aliphatic heterocycles. The number of aromatic nitrogens is 4. The maximum Gasteiger partial charge on any atom is 0.420 e. The molecule has 0 bridgehead atoms. The molecule has 18 heteroatoms. The Hall–Kier alpha value is -6.20. The number of anilines is 2. The SMILES string of the molecule is CC=CCOC(=O)Cn1nnnc1SCc1ccc(OC(=O)N(CCCCCCCCCCCC)c2cccc3c(O)c(C(=O)Nc4cc(Cl)ccc4OC)ccc23)c([N+](=O)[O-])c1. The number of nitrogens with zero attached hydrogens (tertiary/aromatic N) is 6. The molecule has 0 saturated carbocycles. The van der Waals surface area contributed by atoms with Crippen LogP contribution in [0.3, 0.4) is 0 Å². The number of ether oxygens (including phenoxy) is 3. The first-order chi connectivity index (χ1) is 30.5. The van der Waals surface area contributed by atoms with Gasteiger partial charge in [-0.15, -0.1) is 5.10 Å². The Morgan fingerprint density at radius 1 is 0.952 bits per heavy atom. The van der Waals surface area contributed by atoms with E-state index in [0.717, 1.165) is 37.4 Å². The number of rotatable bonds is 24. The van der Waals surface area contributed by atoms with Gasteiger partial charge < -0.3 is 24.6 Å². The lowest BCUT2D eigenvalue weighted by molar-refractivity contribution is -0.385. The van der Waals surface area contributed by atoms with Crippen molar-refractivity contribution in [2.45, 2.75) is 95.5 Å². The van der Waals surface area contributed by atoms with Crippen LogP contribution in [0.25, 0.3) is 10.8 Å². The predicted molar refractivity (Wildman–Crippen MR) is 243 cm³/mol. The van der Waals surface area contributed by atoms with Gasteiger partial charge in [0.05, 0.1) is 29.0 Å². The van der Waals surface area contributed by atoms with E-state index < -0.39 is 28.6 Å². The molecular formula is C45H52ClN7O9S. The van der Waals surface area contributed by atoms with Crippen LogP contribution in [-0.2, 0) is 21.8 Å². The Kier molecular flexibility index (Phi) is 18.6. The highest BCUT2D eigenvalue weighted by atomic mass is 35.5. The molecule has 2 N–H and O–H groups in total. The van der Waals surface area contributed by atoms with Crippen molar-refractivity contribution in [3.8, 4) is 17.2 Å². The van der Waals surface area contributed by atoms with Gasteiger partial charge in [0.15, 0.2) is 0 Å². The first kappa shape index (κ1) is 47.8. The zero-order valence-electron chi connectivity index (χ0n) is 35.6. The molecule has 0 radical (unpaired) electrons. The van der Waals surface area contributed by atoms with Crippen LogP contribution in [0, 0.1) is 10.1 Å². The van der Waals surface area contributed by atoms with Gasteiger partial charge in [0, 0.05) is 34.2 Å². The van der Waals surface area contributed by atoms with Crippen molar-refractivity contribution in [2.24, 2.45) is 0 Å². The van der Waals surface area contributed by atoms with E-state index in [1.54, 1.807) is 54.6 Å². The Morgan fingerprint density at radius 2 is 1.68 bits per heavy atom. The van der Waals surface area contributed by atoms with Gasteiger partial charge in [-0.25, -0.2) is 9.48 Å². The van der Waals surface area contributed by atoms with Gasteiger partial charge in [0.25, 0.3) is 5.91 Å². The van der Waals surface area contributed by atoms with Crippen molar-refractivity contribution in [3.63, 3.8) is 0 Å². The summed E-state index contributed by atoms with van der Waals surface area (Å²) in [5.41, 5.74) is 0.739. The van der Waals surface area contributed by atoms with Gasteiger partial charge in [-0.2, -0.15) is 0 Å². The third kappa shape index (κ3) is 13.6. The van der Waals surface area contributed by atoms with E-state index in [9.17, 15) is 29.6 Å². The quantitative estimate of drug-likeness (QED) is 0.0148. The van der Waals surface area contributed by atoms with Crippen molar-refractivity contribution in [1.82, 2.24) is 20.2 Å². The molecule has 1 heterocycles. The number of hydrogen-bond donors (Lipinski definition) is 2. The fraction of sp³-hybridized carbons (Fsp3) is 0.378. The van der Waals surface area contributed by atoms with Crippen molar-refractivity contribution < 1.29 is 38.6 Å². The van der Waals surface area contributed by atoms with Crippen LogP contribution in [0.1, 0.15) is 94.0 Å². The summed E-state index contributed by atoms with van der Waals surface area (Å²) in [6, 6.07) is 17.1.